The molecule has 0 spiro atoms. The third-order valence-electron chi connectivity index (χ3n) is 4.87. The number of urea groups is 1. The van der Waals surface area contributed by atoms with Crippen molar-refractivity contribution < 1.29 is 9.90 Å². The van der Waals surface area contributed by atoms with Gasteiger partial charge in [-0.3, -0.25) is 0 Å². The van der Waals surface area contributed by atoms with Crippen molar-refractivity contribution in [3.63, 3.8) is 0 Å². The Morgan fingerprint density at radius 2 is 1.79 bits per heavy atom. The largest absolute Gasteiger partial charge is 0.396 e. The fraction of sp³-hybridized carbons (Fsp3) is 0.933. The van der Waals surface area contributed by atoms with E-state index in [0.29, 0.717) is 12.6 Å². The molecule has 0 aromatic rings. The average molecular weight is 268 g/mol. The Kier molecular flexibility index (Phi) is 5.49. The molecule has 4 nitrogen and oxygen atoms in total. The molecule has 0 aromatic heterocycles. The van der Waals surface area contributed by atoms with Gasteiger partial charge in [0, 0.05) is 19.2 Å². The number of carbonyl (C=O) groups excluding carboxylic acids is 1. The van der Waals surface area contributed by atoms with Gasteiger partial charge >= 0.3 is 6.03 Å². The lowest BCUT2D eigenvalue weighted by atomic mass is 9.72. The highest BCUT2D eigenvalue weighted by atomic mass is 16.3. The molecule has 0 saturated heterocycles. The Hall–Kier alpha value is -0.770. The molecule has 3 N–H and O–H groups in total. The quantitative estimate of drug-likeness (QED) is 0.717. The summed E-state index contributed by atoms with van der Waals surface area (Å²) in [6.45, 7) is 0.942. The second-order valence-corrected chi connectivity index (χ2v) is 6.34. The van der Waals surface area contributed by atoms with Crippen LogP contribution in [-0.2, 0) is 0 Å². The molecule has 4 heteroatoms. The van der Waals surface area contributed by atoms with Crippen LogP contribution in [0.3, 0.4) is 0 Å². The summed E-state index contributed by atoms with van der Waals surface area (Å²) in [5, 5.41) is 15.4. The maximum absolute atomic E-state index is 11.9. The average Bonchev–Trinajstić information content (AvgIpc) is 2.91. The molecule has 2 aliphatic carbocycles. The zero-order valence-corrected chi connectivity index (χ0v) is 11.9. The van der Waals surface area contributed by atoms with Crippen LogP contribution in [0, 0.1) is 5.41 Å². The van der Waals surface area contributed by atoms with E-state index < -0.39 is 0 Å². The third-order valence-corrected chi connectivity index (χ3v) is 4.87. The van der Waals surface area contributed by atoms with Gasteiger partial charge in [0.25, 0.3) is 0 Å². The van der Waals surface area contributed by atoms with Crippen molar-refractivity contribution >= 4 is 6.03 Å². The van der Waals surface area contributed by atoms with Gasteiger partial charge < -0.3 is 15.7 Å². The fourth-order valence-electron chi connectivity index (χ4n) is 3.63. The topological polar surface area (TPSA) is 61.4 Å². The van der Waals surface area contributed by atoms with Crippen LogP contribution in [0.1, 0.15) is 64.2 Å². The minimum atomic E-state index is -0.0187. The number of hydrogen-bond donors (Lipinski definition) is 3. The van der Waals surface area contributed by atoms with Crippen LogP contribution in [0.15, 0.2) is 0 Å². The monoisotopic (exact) mass is 268 g/mol. The summed E-state index contributed by atoms with van der Waals surface area (Å²) >= 11 is 0. The predicted octanol–water partition coefficient (Wildman–Crippen LogP) is 2.56. The second-order valence-electron chi connectivity index (χ2n) is 6.34. The van der Waals surface area contributed by atoms with Crippen molar-refractivity contribution in [1.29, 1.82) is 0 Å². The summed E-state index contributed by atoms with van der Waals surface area (Å²) in [7, 11) is 0. The second kappa shape index (κ2) is 7.13. The van der Waals surface area contributed by atoms with Gasteiger partial charge in [-0.15, -0.1) is 0 Å². The maximum Gasteiger partial charge on any atom is 0.315 e. The lowest BCUT2D eigenvalue weighted by Gasteiger charge is -2.37. The number of aliphatic hydroxyl groups is 1. The molecule has 0 heterocycles. The van der Waals surface area contributed by atoms with Gasteiger partial charge in [-0.25, -0.2) is 4.79 Å². The van der Waals surface area contributed by atoms with Crippen LogP contribution in [0.2, 0.25) is 0 Å². The summed E-state index contributed by atoms with van der Waals surface area (Å²) < 4.78 is 0. The van der Waals surface area contributed by atoms with E-state index in [4.69, 9.17) is 0 Å². The van der Waals surface area contributed by atoms with Crippen LogP contribution in [-0.4, -0.2) is 30.3 Å². The highest BCUT2D eigenvalue weighted by Crippen LogP contribution is 2.38. The molecule has 2 rings (SSSR count). The number of aliphatic hydroxyl groups excluding tert-OH is 1. The Morgan fingerprint density at radius 3 is 2.42 bits per heavy atom. The van der Waals surface area contributed by atoms with E-state index in [1.165, 1.54) is 32.1 Å². The molecule has 19 heavy (non-hydrogen) atoms. The van der Waals surface area contributed by atoms with Crippen LogP contribution in [0.25, 0.3) is 0 Å². The normalized spacial score (nSPS) is 23.2. The summed E-state index contributed by atoms with van der Waals surface area (Å²) in [6, 6.07) is 0.356. The molecule has 0 atom stereocenters. The van der Waals surface area contributed by atoms with E-state index >= 15 is 0 Å². The Morgan fingerprint density at radius 1 is 1.11 bits per heavy atom. The van der Waals surface area contributed by atoms with Crippen molar-refractivity contribution in [2.75, 3.05) is 13.2 Å². The van der Waals surface area contributed by atoms with Crippen molar-refractivity contribution in [2.45, 2.75) is 70.3 Å². The zero-order valence-electron chi connectivity index (χ0n) is 11.9. The van der Waals surface area contributed by atoms with E-state index in [0.717, 1.165) is 32.1 Å². The van der Waals surface area contributed by atoms with Crippen molar-refractivity contribution in [3.05, 3.63) is 0 Å². The summed E-state index contributed by atoms with van der Waals surface area (Å²) in [6.07, 6.45) is 11.5. The van der Waals surface area contributed by atoms with Crippen LogP contribution < -0.4 is 10.6 Å². The molecular weight excluding hydrogens is 240 g/mol. The standard InChI is InChI=1S/C15H28N2O2/c18-11-10-15(8-4-1-5-9-15)12-16-14(19)17-13-6-2-3-7-13/h13,18H,1-12H2,(H2,16,17,19). The molecular formula is C15H28N2O2. The summed E-state index contributed by atoms with van der Waals surface area (Å²) in [5.41, 5.74) is 0.139. The molecule has 2 amide bonds. The molecule has 0 bridgehead atoms. The van der Waals surface area contributed by atoms with Gasteiger partial charge in [0.15, 0.2) is 0 Å². The Bertz CT molecular complexity index is 276. The smallest absolute Gasteiger partial charge is 0.315 e. The molecule has 2 saturated carbocycles. The van der Waals surface area contributed by atoms with Gasteiger partial charge in [-0.2, -0.15) is 0 Å². The first-order chi connectivity index (χ1) is 9.24. The highest BCUT2D eigenvalue weighted by molar-refractivity contribution is 5.74. The first kappa shape index (κ1) is 14.6. The summed E-state index contributed by atoms with van der Waals surface area (Å²) in [5.74, 6) is 0. The van der Waals surface area contributed by atoms with E-state index in [9.17, 15) is 9.90 Å². The van der Waals surface area contributed by atoms with Crippen LogP contribution in [0.4, 0.5) is 4.79 Å². The predicted molar refractivity (Wildman–Crippen MR) is 76.0 cm³/mol. The fourth-order valence-corrected chi connectivity index (χ4v) is 3.63. The van der Waals surface area contributed by atoms with Crippen molar-refractivity contribution in [2.24, 2.45) is 5.41 Å². The van der Waals surface area contributed by atoms with Gasteiger partial charge in [-0.1, -0.05) is 32.1 Å². The Balaban J connectivity index is 1.75. The molecule has 2 aliphatic rings. The minimum Gasteiger partial charge on any atom is -0.396 e. The third kappa shape index (κ3) is 4.37. The van der Waals surface area contributed by atoms with Crippen LogP contribution >= 0.6 is 0 Å². The molecule has 0 aromatic carbocycles. The van der Waals surface area contributed by atoms with Crippen molar-refractivity contribution in [1.82, 2.24) is 10.6 Å². The highest BCUT2D eigenvalue weighted by Gasteiger charge is 2.32. The van der Waals surface area contributed by atoms with Gasteiger partial charge in [-0.05, 0) is 37.5 Å². The zero-order chi connectivity index (χ0) is 13.6. The molecule has 0 unspecified atom stereocenters. The maximum atomic E-state index is 11.9. The number of amides is 2. The SMILES string of the molecule is O=C(NCC1(CCO)CCCCC1)NC1CCCC1. The minimum absolute atomic E-state index is 0.0187. The summed E-state index contributed by atoms with van der Waals surface area (Å²) in [4.78, 5) is 11.9. The van der Waals surface area contributed by atoms with Crippen molar-refractivity contribution in [3.8, 4) is 0 Å². The number of nitrogens with one attached hydrogen (secondary N) is 2. The first-order valence-corrected chi connectivity index (χ1v) is 7.89. The lowest BCUT2D eigenvalue weighted by molar-refractivity contribution is 0.127. The molecule has 110 valence electrons. The van der Waals surface area contributed by atoms with Crippen LogP contribution in [0.5, 0.6) is 0 Å². The number of hydrogen-bond acceptors (Lipinski definition) is 2. The van der Waals surface area contributed by atoms with E-state index in [2.05, 4.69) is 10.6 Å². The van der Waals surface area contributed by atoms with Gasteiger partial charge in [0.2, 0.25) is 0 Å². The lowest BCUT2D eigenvalue weighted by Crippen LogP contribution is -2.46. The Labute approximate surface area is 116 Å². The van der Waals surface area contributed by atoms with Gasteiger partial charge in [0.1, 0.15) is 0 Å². The first-order valence-electron chi connectivity index (χ1n) is 7.89. The van der Waals surface area contributed by atoms with Gasteiger partial charge in [0.05, 0.1) is 0 Å². The van der Waals surface area contributed by atoms with E-state index in [-0.39, 0.29) is 18.1 Å². The van der Waals surface area contributed by atoms with E-state index in [1.807, 2.05) is 0 Å². The molecule has 0 aliphatic heterocycles. The van der Waals surface area contributed by atoms with E-state index in [1.54, 1.807) is 0 Å². The molecule has 2 fully saturated rings. The molecule has 0 radical (unpaired) electrons. The number of rotatable bonds is 5. The number of carbonyl (C=O) groups is 1.